The number of aromatic nitrogens is 3. The molecule has 176 valence electrons. The summed E-state index contributed by atoms with van der Waals surface area (Å²) in [5, 5.41) is 3.14. The number of carbonyl (C=O) groups excluding carboxylic acids is 2. The lowest BCUT2D eigenvalue weighted by Crippen LogP contribution is -2.27. The number of nitrogen functional groups attached to an aromatic ring is 1. The number of anilines is 4. The minimum absolute atomic E-state index is 0.0101. The van der Waals surface area contributed by atoms with E-state index in [1.165, 1.54) is 7.11 Å². The van der Waals surface area contributed by atoms with Gasteiger partial charge in [-0.05, 0) is 30.2 Å². The van der Waals surface area contributed by atoms with Crippen molar-refractivity contribution in [2.45, 2.75) is 26.4 Å². The molecular weight excluding hydrogens is 436 g/mol. The summed E-state index contributed by atoms with van der Waals surface area (Å²) in [4.78, 5) is 39.3. The molecule has 1 unspecified atom stereocenters. The number of aryl methyl sites for hydroxylation is 1. The second-order valence-electron chi connectivity index (χ2n) is 7.75. The fourth-order valence-corrected chi connectivity index (χ4v) is 3.83. The Kier molecular flexibility index (Phi) is 6.86. The SMILES string of the molecule is CCc1ccccc1Nc1nc(N)nc(COC(=O)C2CC(=O)N(c3ccccc3OC)C2)n1. The van der Waals surface area contributed by atoms with Crippen molar-refractivity contribution in [3.05, 3.63) is 59.9 Å². The summed E-state index contributed by atoms with van der Waals surface area (Å²) >= 11 is 0. The Morgan fingerprint density at radius 2 is 1.91 bits per heavy atom. The van der Waals surface area contributed by atoms with E-state index in [0.29, 0.717) is 11.4 Å². The molecule has 34 heavy (non-hydrogen) atoms. The highest BCUT2D eigenvalue weighted by Gasteiger charge is 2.37. The first kappa shape index (κ1) is 23.0. The van der Waals surface area contributed by atoms with Gasteiger partial charge in [0.25, 0.3) is 0 Å². The van der Waals surface area contributed by atoms with Crippen molar-refractivity contribution in [3.63, 3.8) is 0 Å². The van der Waals surface area contributed by atoms with Crippen molar-refractivity contribution < 1.29 is 19.1 Å². The van der Waals surface area contributed by atoms with Crippen LogP contribution >= 0.6 is 0 Å². The van der Waals surface area contributed by atoms with Crippen LogP contribution in [0.15, 0.2) is 48.5 Å². The summed E-state index contributed by atoms with van der Waals surface area (Å²) in [5.74, 6) is -0.231. The van der Waals surface area contributed by atoms with Crippen molar-refractivity contribution >= 4 is 35.1 Å². The second-order valence-corrected chi connectivity index (χ2v) is 7.75. The van der Waals surface area contributed by atoms with Crippen molar-refractivity contribution in [1.82, 2.24) is 15.0 Å². The number of esters is 1. The number of hydrogen-bond acceptors (Lipinski definition) is 9. The molecule has 3 aromatic rings. The number of ether oxygens (including phenoxy) is 2. The third-order valence-electron chi connectivity index (χ3n) is 5.52. The Morgan fingerprint density at radius 1 is 1.15 bits per heavy atom. The Hall–Kier alpha value is -4.21. The molecular formula is C24H26N6O4. The third-order valence-corrected chi connectivity index (χ3v) is 5.52. The maximum Gasteiger partial charge on any atom is 0.311 e. The molecule has 1 atom stereocenters. The molecule has 10 nitrogen and oxygen atoms in total. The number of benzene rings is 2. The van der Waals surface area contributed by atoms with E-state index in [-0.39, 0.29) is 43.2 Å². The van der Waals surface area contributed by atoms with Crippen LogP contribution < -0.4 is 20.7 Å². The van der Waals surface area contributed by atoms with E-state index >= 15 is 0 Å². The van der Waals surface area contributed by atoms with Gasteiger partial charge in [-0.3, -0.25) is 9.59 Å². The predicted molar refractivity (Wildman–Crippen MR) is 127 cm³/mol. The van der Waals surface area contributed by atoms with Crippen LogP contribution in [0.5, 0.6) is 5.75 Å². The number of carbonyl (C=O) groups is 2. The van der Waals surface area contributed by atoms with Gasteiger partial charge in [-0.1, -0.05) is 37.3 Å². The number of nitrogens with two attached hydrogens (primary N) is 1. The van der Waals surface area contributed by atoms with Gasteiger partial charge < -0.3 is 25.4 Å². The zero-order valence-corrected chi connectivity index (χ0v) is 19.0. The van der Waals surface area contributed by atoms with Gasteiger partial charge in [0.15, 0.2) is 12.4 Å². The van der Waals surface area contributed by atoms with Gasteiger partial charge in [-0.15, -0.1) is 0 Å². The van der Waals surface area contributed by atoms with Crippen molar-refractivity contribution in [2.75, 3.05) is 29.6 Å². The number of nitrogens with zero attached hydrogens (tertiary/aromatic N) is 4. The molecule has 1 amide bonds. The quantitative estimate of drug-likeness (QED) is 0.485. The largest absolute Gasteiger partial charge is 0.495 e. The van der Waals surface area contributed by atoms with Crippen LogP contribution in [-0.2, 0) is 27.4 Å². The van der Waals surface area contributed by atoms with E-state index in [0.717, 1.165) is 17.7 Å². The molecule has 2 heterocycles. The zero-order chi connectivity index (χ0) is 24.1. The standard InChI is InChI=1S/C24H26N6O4/c1-3-15-8-4-5-9-17(15)26-24-28-20(27-23(25)29-24)14-34-22(32)16-12-21(31)30(13-16)18-10-6-7-11-19(18)33-2/h4-11,16H,3,12-14H2,1-2H3,(H3,25,26,27,28,29). The van der Waals surface area contributed by atoms with Gasteiger partial charge in [0.2, 0.25) is 17.8 Å². The van der Waals surface area contributed by atoms with E-state index in [2.05, 4.69) is 27.2 Å². The Balaban J connectivity index is 1.41. The van der Waals surface area contributed by atoms with Crippen LogP contribution in [0.2, 0.25) is 0 Å². The number of nitrogens with one attached hydrogen (secondary N) is 1. The van der Waals surface area contributed by atoms with Crippen LogP contribution in [0.4, 0.5) is 23.3 Å². The average molecular weight is 463 g/mol. The molecule has 1 fully saturated rings. The molecule has 1 saturated heterocycles. The van der Waals surface area contributed by atoms with E-state index in [4.69, 9.17) is 15.2 Å². The van der Waals surface area contributed by atoms with Crippen molar-refractivity contribution in [2.24, 2.45) is 5.92 Å². The summed E-state index contributed by atoms with van der Waals surface area (Å²) in [6.45, 7) is 2.07. The first-order valence-electron chi connectivity index (χ1n) is 10.9. The zero-order valence-electron chi connectivity index (χ0n) is 19.0. The maximum absolute atomic E-state index is 12.7. The number of hydrogen-bond donors (Lipinski definition) is 2. The highest BCUT2D eigenvalue weighted by Crippen LogP contribution is 2.33. The topological polar surface area (TPSA) is 133 Å². The lowest BCUT2D eigenvalue weighted by Gasteiger charge is -2.19. The lowest BCUT2D eigenvalue weighted by molar-refractivity contribution is -0.149. The minimum Gasteiger partial charge on any atom is -0.495 e. The second kappa shape index (κ2) is 10.2. The van der Waals surface area contributed by atoms with Crippen LogP contribution in [0.25, 0.3) is 0 Å². The number of rotatable bonds is 8. The molecule has 1 aromatic heterocycles. The Morgan fingerprint density at radius 3 is 2.71 bits per heavy atom. The molecule has 1 aliphatic heterocycles. The Bertz CT molecular complexity index is 1200. The van der Waals surface area contributed by atoms with Gasteiger partial charge in [-0.25, -0.2) is 0 Å². The molecule has 0 bridgehead atoms. The highest BCUT2D eigenvalue weighted by molar-refractivity contribution is 6.00. The summed E-state index contributed by atoms with van der Waals surface area (Å²) in [5.41, 5.74) is 8.42. The fraction of sp³-hybridized carbons (Fsp3) is 0.292. The third kappa shape index (κ3) is 5.06. The normalized spacial score (nSPS) is 15.3. The molecule has 3 N–H and O–H groups in total. The molecule has 10 heteroatoms. The van der Waals surface area contributed by atoms with Gasteiger partial charge in [0, 0.05) is 18.7 Å². The van der Waals surface area contributed by atoms with Gasteiger partial charge in [-0.2, -0.15) is 15.0 Å². The Labute approximate surface area is 197 Å². The van der Waals surface area contributed by atoms with Crippen LogP contribution in [0.3, 0.4) is 0 Å². The maximum atomic E-state index is 12.7. The van der Waals surface area contributed by atoms with Crippen molar-refractivity contribution in [1.29, 1.82) is 0 Å². The number of methoxy groups -OCH3 is 1. The monoisotopic (exact) mass is 462 g/mol. The van der Waals surface area contributed by atoms with Gasteiger partial charge in [0.05, 0.1) is 18.7 Å². The summed E-state index contributed by atoms with van der Waals surface area (Å²) in [6, 6.07) is 15.0. The van der Waals surface area contributed by atoms with E-state index < -0.39 is 11.9 Å². The molecule has 1 aliphatic rings. The average Bonchev–Trinajstić information content (AvgIpc) is 3.24. The lowest BCUT2D eigenvalue weighted by atomic mass is 10.1. The fourth-order valence-electron chi connectivity index (χ4n) is 3.83. The number of amides is 1. The van der Waals surface area contributed by atoms with E-state index in [9.17, 15) is 9.59 Å². The smallest absolute Gasteiger partial charge is 0.311 e. The minimum atomic E-state index is -0.606. The molecule has 0 radical (unpaired) electrons. The molecule has 0 saturated carbocycles. The molecule has 0 aliphatic carbocycles. The highest BCUT2D eigenvalue weighted by atomic mass is 16.5. The van der Waals surface area contributed by atoms with Crippen LogP contribution in [0.1, 0.15) is 24.7 Å². The first-order valence-corrected chi connectivity index (χ1v) is 10.9. The summed E-state index contributed by atoms with van der Waals surface area (Å²) in [7, 11) is 1.54. The van der Waals surface area contributed by atoms with Gasteiger partial charge in [0.1, 0.15) is 5.75 Å². The summed E-state index contributed by atoms with van der Waals surface area (Å²) in [6.07, 6.45) is 0.886. The molecule has 2 aromatic carbocycles. The molecule has 0 spiro atoms. The van der Waals surface area contributed by atoms with E-state index in [1.54, 1.807) is 17.0 Å². The van der Waals surface area contributed by atoms with Crippen LogP contribution in [-0.4, -0.2) is 40.5 Å². The van der Waals surface area contributed by atoms with Crippen LogP contribution in [0, 0.1) is 5.92 Å². The predicted octanol–water partition coefficient (Wildman–Crippen LogP) is 2.86. The van der Waals surface area contributed by atoms with Gasteiger partial charge >= 0.3 is 5.97 Å². The first-order chi connectivity index (χ1) is 16.5. The molecule has 4 rings (SSSR count). The van der Waals surface area contributed by atoms with Crippen molar-refractivity contribution in [3.8, 4) is 5.75 Å². The van der Waals surface area contributed by atoms with E-state index in [1.807, 2.05) is 36.4 Å². The number of para-hydroxylation sites is 3. The summed E-state index contributed by atoms with van der Waals surface area (Å²) < 4.78 is 10.8.